The van der Waals surface area contributed by atoms with Gasteiger partial charge in [0.1, 0.15) is 5.75 Å². The maximum Gasteiger partial charge on any atom is 0.341 e. The number of amides is 1. The number of benzene rings is 3. The molecule has 2 aliphatic heterocycles. The number of carboxylic acids is 1. The zero-order valence-electron chi connectivity index (χ0n) is 20.8. The van der Waals surface area contributed by atoms with E-state index < -0.39 is 22.6 Å². The minimum atomic E-state index is -3.90. The van der Waals surface area contributed by atoms with Gasteiger partial charge in [-0.3, -0.25) is 4.79 Å². The van der Waals surface area contributed by atoms with Crippen LogP contribution in [0, 0.1) is 0 Å². The van der Waals surface area contributed by atoms with Crippen LogP contribution in [-0.4, -0.2) is 73.9 Å². The highest BCUT2D eigenvalue weighted by molar-refractivity contribution is 7.89. The summed E-state index contributed by atoms with van der Waals surface area (Å²) >= 11 is 0. The molecule has 2 heterocycles. The van der Waals surface area contributed by atoms with Crippen molar-refractivity contribution in [2.45, 2.75) is 17.9 Å². The van der Waals surface area contributed by atoms with Crippen LogP contribution in [0.3, 0.4) is 0 Å². The Morgan fingerprint density at radius 2 is 1.53 bits per heavy atom. The Balaban J connectivity index is 1.39. The summed E-state index contributed by atoms with van der Waals surface area (Å²) in [5.74, 6) is -1.53. The van der Waals surface area contributed by atoms with E-state index in [0.29, 0.717) is 39.1 Å². The molecule has 0 aromatic heterocycles. The number of nitrogens with zero attached hydrogens (tertiary/aromatic N) is 3. The molecule has 2 aliphatic rings. The van der Waals surface area contributed by atoms with E-state index in [1.54, 1.807) is 4.90 Å². The van der Waals surface area contributed by atoms with Crippen LogP contribution >= 0.6 is 0 Å². The molecular formula is C28H29N3O6S. The van der Waals surface area contributed by atoms with Crippen molar-refractivity contribution >= 4 is 27.6 Å². The van der Waals surface area contributed by atoms with Gasteiger partial charge in [-0.1, -0.05) is 42.5 Å². The van der Waals surface area contributed by atoms with Crippen LogP contribution in [0.25, 0.3) is 0 Å². The van der Waals surface area contributed by atoms with Crippen LogP contribution in [0.1, 0.15) is 21.5 Å². The van der Waals surface area contributed by atoms with E-state index >= 15 is 0 Å². The molecule has 0 spiro atoms. The SMILES string of the molecule is O=C(O)COc1ccc(S(=O)(=O)N2CCc3ccccc3C2)cc1C(=O)N1CCN(c2ccccc2)CC1. The molecule has 0 atom stereocenters. The quantitative estimate of drug-likeness (QED) is 0.496. The van der Waals surface area contributed by atoms with E-state index in [1.807, 2.05) is 54.6 Å². The molecule has 0 saturated carbocycles. The number of aliphatic carboxylic acids is 1. The summed E-state index contributed by atoms with van der Waals surface area (Å²) in [5, 5.41) is 9.10. The summed E-state index contributed by atoms with van der Waals surface area (Å²) in [5.41, 5.74) is 3.19. The number of rotatable bonds is 7. The monoisotopic (exact) mass is 535 g/mol. The summed E-state index contributed by atoms with van der Waals surface area (Å²) in [4.78, 5) is 28.5. The van der Waals surface area contributed by atoms with Crippen LogP contribution in [0.15, 0.2) is 77.7 Å². The number of fused-ring (bicyclic) bond motifs is 1. The number of ether oxygens (including phenoxy) is 1. The zero-order chi connectivity index (χ0) is 26.7. The minimum absolute atomic E-state index is 0.0224. The molecule has 1 amide bonds. The molecule has 3 aromatic carbocycles. The van der Waals surface area contributed by atoms with Crippen LogP contribution in [0.4, 0.5) is 5.69 Å². The van der Waals surface area contributed by atoms with Gasteiger partial charge in [0, 0.05) is 45.0 Å². The van der Waals surface area contributed by atoms with Gasteiger partial charge >= 0.3 is 5.97 Å². The lowest BCUT2D eigenvalue weighted by Gasteiger charge is -2.36. The van der Waals surface area contributed by atoms with Crippen molar-refractivity contribution in [2.75, 3.05) is 44.2 Å². The third-order valence-corrected chi connectivity index (χ3v) is 8.80. The maximum atomic E-state index is 13.6. The molecule has 0 unspecified atom stereocenters. The Morgan fingerprint density at radius 3 is 2.24 bits per heavy atom. The van der Waals surface area contributed by atoms with Gasteiger partial charge in [0.05, 0.1) is 10.5 Å². The Kier molecular flexibility index (Phi) is 7.35. The number of para-hydroxylation sites is 1. The first-order valence-electron chi connectivity index (χ1n) is 12.5. The average molecular weight is 536 g/mol. The molecule has 10 heteroatoms. The van der Waals surface area contributed by atoms with Crippen molar-refractivity contribution in [3.63, 3.8) is 0 Å². The number of hydrogen-bond acceptors (Lipinski definition) is 6. The van der Waals surface area contributed by atoms with Gasteiger partial charge in [0.2, 0.25) is 10.0 Å². The standard InChI is InChI=1S/C28H29N3O6S/c32-27(33)20-37-26-11-10-24(38(35,36)31-13-12-21-6-4-5-7-22(21)19-31)18-25(26)28(34)30-16-14-29(15-17-30)23-8-2-1-3-9-23/h1-11,18H,12-17,19-20H2,(H,32,33). The van der Waals surface area contributed by atoms with Gasteiger partial charge in [-0.15, -0.1) is 0 Å². The van der Waals surface area contributed by atoms with Crippen molar-refractivity contribution in [1.82, 2.24) is 9.21 Å². The van der Waals surface area contributed by atoms with E-state index in [1.165, 1.54) is 22.5 Å². The largest absolute Gasteiger partial charge is 0.481 e. The summed E-state index contributed by atoms with van der Waals surface area (Å²) < 4.78 is 34.0. The van der Waals surface area contributed by atoms with Gasteiger partial charge < -0.3 is 19.6 Å². The lowest BCUT2D eigenvalue weighted by Crippen LogP contribution is -2.48. The van der Waals surface area contributed by atoms with Crippen LogP contribution < -0.4 is 9.64 Å². The molecular weight excluding hydrogens is 506 g/mol. The normalized spacial score (nSPS) is 16.1. The third kappa shape index (κ3) is 5.36. The number of carbonyl (C=O) groups excluding carboxylic acids is 1. The molecule has 1 saturated heterocycles. The molecule has 198 valence electrons. The summed E-state index contributed by atoms with van der Waals surface area (Å²) in [7, 11) is -3.90. The topological polar surface area (TPSA) is 107 Å². The van der Waals surface area contributed by atoms with Crippen LogP contribution in [-0.2, 0) is 27.8 Å². The fourth-order valence-corrected chi connectivity index (χ4v) is 6.35. The number of sulfonamides is 1. The van der Waals surface area contributed by atoms with Gasteiger partial charge in [0.15, 0.2) is 6.61 Å². The zero-order valence-corrected chi connectivity index (χ0v) is 21.6. The average Bonchev–Trinajstić information content (AvgIpc) is 2.96. The Bertz CT molecular complexity index is 1440. The van der Waals surface area contributed by atoms with E-state index in [2.05, 4.69) is 4.90 Å². The third-order valence-electron chi connectivity index (χ3n) is 6.95. The second-order valence-corrected chi connectivity index (χ2v) is 11.3. The van der Waals surface area contributed by atoms with Crippen molar-refractivity contribution in [3.8, 4) is 5.75 Å². The van der Waals surface area contributed by atoms with Gasteiger partial charge in [-0.05, 0) is 47.9 Å². The predicted octanol–water partition coefficient (Wildman–Crippen LogP) is 2.86. The smallest absolute Gasteiger partial charge is 0.341 e. The predicted molar refractivity (Wildman–Crippen MR) is 142 cm³/mol. The highest BCUT2D eigenvalue weighted by Crippen LogP contribution is 2.30. The van der Waals surface area contributed by atoms with Crippen molar-refractivity contribution in [1.29, 1.82) is 0 Å². The number of anilines is 1. The van der Waals surface area contributed by atoms with E-state index in [-0.39, 0.29) is 28.7 Å². The summed E-state index contributed by atoms with van der Waals surface area (Å²) in [6.45, 7) is 2.05. The number of piperazine rings is 1. The van der Waals surface area contributed by atoms with Gasteiger partial charge in [-0.2, -0.15) is 4.31 Å². The highest BCUT2D eigenvalue weighted by atomic mass is 32.2. The Hall–Kier alpha value is -3.89. The molecule has 0 bridgehead atoms. The van der Waals surface area contributed by atoms with E-state index in [4.69, 9.17) is 9.84 Å². The van der Waals surface area contributed by atoms with E-state index in [9.17, 15) is 18.0 Å². The number of carbonyl (C=O) groups is 2. The Morgan fingerprint density at radius 1 is 0.842 bits per heavy atom. The minimum Gasteiger partial charge on any atom is -0.481 e. The lowest BCUT2D eigenvalue weighted by molar-refractivity contribution is -0.139. The molecule has 0 aliphatic carbocycles. The molecule has 9 nitrogen and oxygen atoms in total. The van der Waals surface area contributed by atoms with Crippen molar-refractivity contribution in [2.24, 2.45) is 0 Å². The molecule has 38 heavy (non-hydrogen) atoms. The molecule has 1 fully saturated rings. The van der Waals surface area contributed by atoms with E-state index in [0.717, 1.165) is 16.8 Å². The molecule has 5 rings (SSSR count). The van der Waals surface area contributed by atoms with Gasteiger partial charge in [-0.25, -0.2) is 13.2 Å². The molecule has 1 N–H and O–H groups in total. The Labute approximate surface area is 221 Å². The van der Waals surface area contributed by atoms with Crippen molar-refractivity contribution < 1.29 is 27.9 Å². The first-order chi connectivity index (χ1) is 18.3. The fraction of sp³-hybridized carbons (Fsp3) is 0.286. The van der Waals surface area contributed by atoms with Crippen LogP contribution in [0.2, 0.25) is 0 Å². The lowest BCUT2D eigenvalue weighted by atomic mass is 10.0. The highest BCUT2D eigenvalue weighted by Gasteiger charge is 2.31. The molecule has 0 radical (unpaired) electrons. The van der Waals surface area contributed by atoms with Gasteiger partial charge in [0.25, 0.3) is 5.91 Å². The second kappa shape index (κ2) is 10.8. The number of hydrogen-bond donors (Lipinski definition) is 1. The maximum absolute atomic E-state index is 13.6. The van der Waals surface area contributed by atoms with Crippen molar-refractivity contribution in [3.05, 3.63) is 89.5 Å². The second-order valence-electron chi connectivity index (χ2n) is 9.31. The number of carboxylic acid groups (broad SMARTS) is 1. The summed E-state index contributed by atoms with van der Waals surface area (Å²) in [6.07, 6.45) is 0.604. The summed E-state index contributed by atoms with van der Waals surface area (Å²) in [6, 6.07) is 21.7. The molecule has 3 aromatic rings. The first kappa shape index (κ1) is 25.7. The fourth-order valence-electron chi connectivity index (χ4n) is 4.90. The van der Waals surface area contributed by atoms with Crippen LogP contribution in [0.5, 0.6) is 5.75 Å². The first-order valence-corrected chi connectivity index (χ1v) is 13.9.